The number of methoxy groups -OCH3 is 1. The number of hydrogen-bond acceptors (Lipinski definition) is 4. The fourth-order valence-corrected chi connectivity index (χ4v) is 3.36. The number of nitrogens with zero attached hydrogens (tertiary/aromatic N) is 1. The first-order valence-electron chi connectivity index (χ1n) is 9.00. The largest absolute Gasteiger partial charge is 0.490 e. The zero-order valence-electron chi connectivity index (χ0n) is 15.6. The summed E-state index contributed by atoms with van der Waals surface area (Å²) in [5, 5.41) is 5.47. The molecule has 1 N–H and O–H groups in total. The third kappa shape index (κ3) is 3.96. The maximum absolute atomic E-state index is 13.5. The number of hydrogen-bond donors (Lipinski definition) is 1. The van der Waals surface area contributed by atoms with Gasteiger partial charge in [0.1, 0.15) is 24.0 Å². The molecule has 0 radical (unpaired) electrons. The van der Waals surface area contributed by atoms with Crippen molar-refractivity contribution >= 4 is 29.0 Å². The Labute approximate surface area is 169 Å². The van der Waals surface area contributed by atoms with Crippen LogP contribution in [0, 0.1) is 5.82 Å². The number of benzene rings is 3. The van der Waals surface area contributed by atoms with Crippen molar-refractivity contribution in [2.45, 2.75) is 0 Å². The minimum absolute atomic E-state index is 0. The summed E-state index contributed by atoms with van der Waals surface area (Å²) >= 11 is 0. The van der Waals surface area contributed by atoms with E-state index in [0.29, 0.717) is 13.2 Å². The molecule has 0 atom stereocenters. The number of amidine groups is 1. The van der Waals surface area contributed by atoms with Crippen LogP contribution in [-0.2, 0) is 4.74 Å². The molecule has 4 nitrogen and oxygen atoms in total. The van der Waals surface area contributed by atoms with E-state index in [2.05, 4.69) is 28.5 Å². The van der Waals surface area contributed by atoms with Crippen molar-refractivity contribution in [3.05, 3.63) is 66.0 Å². The van der Waals surface area contributed by atoms with E-state index in [0.717, 1.165) is 52.1 Å². The van der Waals surface area contributed by atoms with Crippen molar-refractivity contribution in [2.75, 3.05) is 33.4 Å². The van der Waals surface area contributed by atoms with Gasteiger partial charge in [0.25, 0.3) is 0 Å². The lowest BCUT2D eigenvalue weighted by Crippen LogP contribution is -2.21. The third-order valence-corrected chi connectivity index (χ3v) is 4.60. The molecule has 0 fully saturated rings. The highest BCUT2D eigenvalue weighted by atomic mass is 35.5. The Balaban J connectivity index is 0.00000225. The normalized spacial score (nSPS) is 13.0. The molecule has 0 aliphatic carbocycles. The lowest BCUT2D eigenvalue weighted by atomic mass is 9.93. The molecule has 146 valence electrons. The average Bonchev–Trinajstić information content (AvgIpc) is 3.23. The Morgan fingerprint density at radius 2 is 1.86 bits per heavy atom. The second kappa shape index (κ2) is 9.04. The number of nitrogens with one attached hydrogen (secondary N) is 1. The molecule has 1 aliphatic heterocycles. The lowest BCUT2D eigenvalue weighted by Gasteiger charge is -2.19. The van der Waals surface area contributed by atoms with Crippen molar-refractivity contribution in [1.82, 2.24) is 5.32 Å². The number of fused-ring (bicyclic) bond motifs is 1. The van der Waals surface area contributed by atoms with Crippen LogP contribution in [0.5, 0.6) is 5.75 Å². The van der Waals surface area contributed by atoms with E-state index in [1.807, 2.05) is 12.1 Å². The van der Waals surface area contributed by atoms with Crippen molar-refractivity contribution in [1.29, 1.82) is 0 Å². The SMILES string of the molecule is COCCOc1c(C2=NCCN2)cc2ccccc2c1-c1ccc(F)cc1.Cl. The molecule has 0 aromatic heterocycles. The fraction of sp³-hybridized carbons (Fsp3) is 0.227. The van der Waals surface area contributed by atoms with Crippen molar-refractivity contribution in [3.8, 4) is 16.9 Å². The van der Waals surface area contributed by atoms with E-state index in [9.17, 15) is 4.39 Å². The van der Waals surface area contributed by atoms with Crippen LogP contribution >= 0.6 is 12.4 Å². The van der Waals surface area contributed by atoms with Gasteiger partial charge in [-0.2, -0.15) is 0 Å². The zero-order valence-corrected chi connectivity index (χ0v) is 16.4. The lowest BCUT2D eigenvalue weighted by molar-refractivity contribution is 0.146. The maximum Gasteiger partial charge on any atom is 0.138 e. The first-order chi connectivity index (χ1) is 13.3. The van der Waals surface area contributed by atoms with Gasteiger partial charge in [-0.05, 0) is 34.5 Å². The van der Waals surface area contributed by atoms with E-state index >= 15 is 0 Å². The molecule has 6 heteroatoms. The van der Waals surface area contributed by atoms with Gasteiger partial charge in [0.15, 0.2) is 0 Å². The fourth-order valence-electron chi connectivity index (χ4n) is 3.36. The Bertz CT molecular complexity index is 990. The van der Waals surface area contributed by atoms with Gasteiger partial charge in [-0.15, -0.1) is 12.4 Å². The van der Waals surface area contributed by atoms with Crippen LogP contribution in [0.4, 0.5) is 4.39 Å². The van der Waals surface area contributed by atoms with Crippen molar-refractivity contribution in [3.63, 3.8) is 0 Å². The number of aliphatic imine (C=N–C) groups is 1. The standard InChI is InChI=1S/C22H21FN2O2.ClH/c1-26-12-13-27-21-19(22-24-10-11-25-22)14-16-4-2-3-5-18(16)20(21)15-6-8-17(23)9-7-15;/h2-9,14H,10-13H2,1H3,(H,24,25);1H. The average molecular weight is 401 g/mol. The van der Waals surface area contributed by atoms with Gasteiger partial charge >= 0.3 is 0 Å². The third-order valence-electron chi connectivity index (χ3n) is 4.60. The van der Waals surface area contributed by atoms with Crippen LogP contribution in [0.15, 0.2) is 59.6 Å². The van der Waals surface area contributed by atoms with E-state index in [4.69, 9.17) is 9.47 Å². The number of rotatable bonds is 6. The van der Waals surface area contributed by atoms with Gasteiger partial charge in [-0.1, -0.05) is 36.4 Å². The summed E-state index contributed by atoms with van der Waals surface area (Å²) in [6.07, 6.45) is 0. The molecule has 0 bridgehead atoms. The highest BCUT2D eigenvalue weighted by Gasteiger charge is 2.21. The van der Waals surface area contributed by atoms with E-state index in [-0.39, 0.29) is 18.2 Å². The molecule has 3 aromatic rings. The van der Waals surface area contributed by atoms with Gasteiger partial charge in [0.05, 0.1) is 18.7 Å². The Hall–Kier alpha value is -2.63. The monoisotopic (exact) mass is 400 g/mol. The van der Waals surface area contributed by atoms with Crippen molar-refractivity contribution in [2.24, 2.45) is 4.99 Å². The van der Waals surface area contributed by atoms with Crippen LogP contribution in [0.3, 0.4) is 0 Å². The molecule has 3 aromatic carbocycles. The molecular formula is C22H22ClFN2O2. The first kappa shape index (κ1) is 20.1. The molecule has 0 saturated heterocycles. The van der Waals surface area contributed by atoms with Gasteiger partial charge < -0.3 is 14.8 Å². The van der Waals surface area contributed by atoms with Crippen LogP contribution < -0.4 is 10.1 Å². The molecule has 28 heavy (non-hydrogen) atoms. The number of halogens is 2. The summed E-state index contributed by atoms with van der Waals surface area (Å²) in [4.78, 5) is 4.58. The van der Waals surface area contributed by atoms with Gasteiger partial charge in [-0.25, -0.2) is 4.39 Å². The predicted octanol–water partition coefficient (Wildman–Crippen LogP) is 4.44. The summed E-state index contributed by atoms with van der Waals surface area (Å²) in [6.45, 7) is 2.45. The summed E-state index contributed by atoms with van der Waals surface area (Å²) in [5.41, 5.74) is 2.76. The molecule has 0 unspecified atom stereocenters. The van der Waals surface area contributed by atoms with Crippen molar-refractivity contribution < 1.29 is 13.9 Å². The van der Waals surface area contributed by atoms with Crippen LogP contribution in [0.2, 0.25) is 0 Å². The van der Waals surface area contributed by atoms with Gasteiger partial charge in [0, 0.05) is 19.2 Å². The summed E-state index contributed by atoms with van der Waals surface area (Å²) in [7, 11) is 1.65. The second-order valence-corrected chi connectivity index (χ2v) is 6.35. The Morgan fingerprint density at radius 1 is 1.07 bits per heavy atom. The zero-order chi connectivity index (χ0) is 18.6. The Morgan fingerprint density at radius 3 is 2.57 bits per heavy atom. The minimum Gasteiger partial charge on any atom is -0.490 e. The molecule has 0 amide bonds. The van der Waals surface area contributed by atoms with Gasteiger partial charge in [0.2, 0.25) is 0 Å². The van der Waals surface area contributed by atoms with E-state index in [1.54, 1.807) is 19.2 Å². The topological polar surface area (TPSA) is 42.9 Å². The summed E-state index contributed by atoms with van der Waals surface area (Å²) in [5.74, 6) is 1.31. The molecule has 0 spiro atoms. The Kier molecular flexibility index (Phi) is 6.49. The molecular weight excluding hydrogens is 379 g/mol. The second-order valence-electron chi connectivity index (χ2n) is 6.35. The molecule has 1 heterocycles. The minimum atomic E-state index is -0.261. The van der Waals surface area contributed by atoms with Crippen LogP contribution in [0.25, 0.3) is 21.9 Å². The first-order valence-corrected chi connectivity index (χ1v) is 9.00. The highest BCUT2D eigenvalue weighted by molar-refractivity contribution is 6.11. The van der Waals surface area contributed by atoms with Crippen LogP contribution in [0.1, 0.15) is 5.56 Å². The summed E-state index contributed by atoms with van der Waals surface area (Å²) < 4.78 is 24.8. The number of ether oxygens (including phenoxy) is 2. The van der Waals surface area contributed by atoms with E-state index in [1.165, 1.54) is 12.1 Å². The smallest absolute Gasteiger partial charge is 0.138 e. The maximum atomic E-state index is 13.5. The van der Waals surface area contributed by atoms with E-state index < -0.39 is 0 Å². The summed E-state index contributed by atoms with van der Waals surface area (Å²) in [6, 6.07) is 16.8. The molecule has 4 rings (SSSR count). The highest BCUT2D eigenvalue weighted by Crippen LogP contribution is 2.40. The quantitative estimate of drug-likeness (QED) is 0.622. The van der Waals surface area contributed by atoms with Gasteiger partial charge in [-0.3, -0.25) is 4.99 Å². The van der Waals surface area contributed by atoms with Crippen LogP contribution in [-0.4, -0.2) is 39.2 Å². The molecule has 0 saturated carbocycles. The predicted molar refractivity (Wildman–Crippen MR) is 113 cm³/mol. The molecule has 1 aliphatic rings.